The second-order valence-electron chi connectivity index (χ2n) is 8.06. The molecule has 1 atom stereocenters. The maximum Gasteiger partial charge on any atom is 0.238 e. The maximum atomic E-state index is 12.9. The van der Waals surface area contributed by atoms with E-state index in [9.17, 15) is 13.2 Å². The van der Waals surface area contributed by atoms with Gasteiger partial charge in [0.2, 0.25) is 15.9 Å². The van der Waals surface area contributed by atoms with E-state index in [1.54, 1.807) is 12.1 Å². The van der Waals surface area contributed by atoms with Crippen LogP contribution < -0.4 is 10.0 Å². The van der Waals surface area contributed by atoms with Crippen LogP contribution in [-0.2, 0) is 14.8 Å². The topological polar surface area (TPSA) is 88.2 Å². The predicted molar refractivity (Wildman–Crippen MR) is 127 cm³/mol. The summed E-state index contributed by atoms with van der Waals surface area (Å²) in [6, 6.07) is 23.0. The molecule has 2 heterocycles. The lowest BCUT2D eigenvalue weighted by molar-refractivity contribution is -0.116. The van der Waals surface area contributed by atoms with Gasteiger partial charge >= 0.3 is 0 Å². The fourth-order valence-corrected chi connectivity index (χ4v) is 4.75. The highest BCUT2D eigenvalue weighted by atomic mass is 32.2. The molecule has 6 nitrogen and oxygen atoms in total. The molecule has 1 aliphatic heterocycles. The Labute approximate surface area is 186 Å². The van der Waals surface area contributed by atoms with Gasteiger partial charge in [0, 0.05) is 16.8 Å². The van der Waals surface area contributed by atoms with Crippen LogP contribution in [0.25, 0.3) is 22.0 Å². The van der Waals surface area contributed by atoms with Crippen LogP contribution in [0.4, 0.5) is 11.4 Å². The number of anilines is 2. The Bertz CT molecular complexity index is 1480. The number of para-hydroxylation sites is 1. The van der Waals surface area contributed by atoms with Crippen LogP contribution in [0, 0.1) is 6.92 Å². The van der Waals surface area contributed by atoms with Crippen molar-refractivity contribution < 1.29 is 13.2 Å². The third kappa shape index (κ3) is 3.71. The Kier molecular flexibility index (Phi) is 4.71. The number of nitrogens with one attached hydrogen (secondary N) is 2. The lowest BCUT2D eigenvalue weighted by Crippen LogP contribution is -2.15. The molecule has 1 amide bonds. The number of sulfonamides is 1. The average Bonchev–Trinajstić information content (AvgIpc) is 3.07. The van der Waals surface area contributed by atoms with Crippen molar-refractivity contribution in [1.82, 2.24) is 4.98 Å². The number of aryl methyl sites for hydroxylation is 1. The van der Waals surface area contributed by atoms with Gasteiger partial charge in [-0.1, -0.05) is 36.4 Å². The van der Waals surface area contributed by atoms with Gasteiger partial charge in [-0.2, -0.15) is 0 Å². The summed E-state index contributed by atoms with van der Waals surface area (Å²) in [7, 11) is -3.33. The molecule has 1 unspecified atom stereocenters. The van der Waals surface area contributed by atoms with Crippen LogP contribution in [0.3, 0.4) is 0 Å². The van der Waals surface area contributed by atoms with Crippen LogP contribution >= 0.6 is 0 Å². The van der Waals surface area contributed by atoms with Crippen molar-refractivity contribution in [1.29, 1.82) is 0 Å². The van der Waals surface area contributed by atoms with Gasteiger partial charge < -0.3 is 5.32 Å². The van der Waals surface area contributed by atoms with E-state index in [4.69, 9.17) is 4.98 Å². The number of benzene rings is 3. The molecule has 3 aromatic carbocycles. The van der Waals surface area contributed by atoms with Gasteiger partial charge in [-0.15, -0.1) is 0 Å². The largest absolute Gasteiger partial charge is 0.325 e. The molecule has 0 radical (unpaired) electrons. The molecule has 1 aromatic heterocycles. The summed E-state index contributed by atoms with van der Waals surface area (Å²) in [5, 5.41) is 4.02. The number of carbonyl (C=O) groups excluding carboxylic acids is 1. The van der Waals surface area contributed by atoms with Gasteiger partial charge in [0.15, 0.2) is 0 Å². The lowest BCUT2D eigenvalue weighted by atomic mass is 9.91. The highest BCUT2D eigenvalue weighted by molar-refractivity contribution is 7.92. The third-order valence-electron chi connectivity index (χ3n) is 5.63. The molecular formula is C25H21N3O3S. The molecule has 0 fully saturated rings. The first-order chi connectivity index (χ1) is 15.3. The minimum atomic E-state index is -3.33. The Hall–Kier alpha value is -3.71. The van der Waals surface area contributed by atoms with Crippen molar-refractivity contribution in [3.05, 3.63) is 89.6 Å². The number of hydrogen-bond acceptors (Lipinski definition) is 4. The fourth-order valence-electron chi connectivity index (χ4n) is 4.19. The molecule has 0 saturated heterocycles. The highest BCUT2D eigenvalue weighted by Crippen LogP contribution is 2.40. The van der Waals surface area contributed by atoms with Crippen molar-refractivity contribution in [3.63, 3.8) is 0 Å². The number of carbonyl (C=O) groups is 1. The van der Waals surface area contributed by atoms with Crippen LogP contribution in [-0.4, -0.2) is 25.6 Å². The zero-order valence-electron chi connectivity index (χ0n) is 17.6. The van der Waals surface area contributed by atoms with E-state index in [1.165, 1.54) is 0 Å². The Balaban J connectivity index is 1.55. The Morgan fingerprint density at radius 2 is 1.66 bits per heavy atom. The molecule has 0 saturated carbocycles. The first-order valence-corrected chi connectivity index (χ1v) is 12.1. The number of nitrogens with zero attached hydrogens (tertiary/aromatic N) is 1. The maximum absolute atomic E-state index is 12.9. The summed E-state index contributed by atoms with van der Waals surface area (Å²) in [6.07, 6.45) is 1.12. The van der Waals surface area contributed by atoms with E-state index in [1.807, 2.05) is 61.5 Å². The summed E-state index contributed by atoms with van der Waals surface area (Å²) in [5.74, 6) is -0.573. The minimum absolute atomic E-state index is 0.0873. The zero-order valence-corrected chi connectivity index (χ0v) is 18.4. The van der Waals surface area contributed by atoms with Gasteiger partial charge in [-0.3, -0.25) is 14.5 Å². The van der Waals surface area contributed by atoms with E-state index in [2.05, 4.69) is 16.1 Å². The van der Waals surface area contributed by atoms with E-state index < -0.39 is 15.9 Å². The number of hydrogen-bond donors (Lipinski definition) is 2. The molecule has 7 heteroatoms. The van der Waals surface area contributed by atoms with Gasteiger partial charge in [0.25, 0.3) is 0 Å². The van der Waals surface area contributed by atoms with Crippen molar-refractivity contribution in [3.8, 4) is 11.1 Å². The Morgan fingerprint density at radius 3 is 2.41 bits per heavy atom. The highest BCUT2D eigenvalue weighted by Gasteiger charge is 2.34. The molecule has 4 aromatic rings. The quantitative estimate of drug-likeness (QED) is 0.480. The summed E-state index contributed by atoms with van der Waals surface area (Å²) < 4.78 is 25.3. The lowest BCUT2D eigenvalue weighted by Gasteiger charge is -2.14. The molecule has 0 spiro atoms. The average molecular weight is 444 g/mol. The van der Waals surface area contributed by atoms with Gasteiger partial charge in [0.05, 0.1) is 17.5 Å². The molecule has 2 N–H and O–H groups in total. The van der Waals surface area contributed by atoms with Crippen LogP contribution in [0.5, 0.6) is 0 Å². The Morgan fingerprint density at radius 1 is 0.938 bits per heavy atom. The number of amides is 1. The van der Waals surface area contributed by atoms with Gasteiger partial charge in [0.1, 0.15) is 5.92 Å². The van der Waals surface area contributed by atoms with Crippen LogP contribution in [0.2, 0.25) is 0 Å². The summed E-state index contributed by atoms with van der Waals surface area (Å²) in [5.41, 5.74) is 6.62. The molecule has 160 valence electrons. The first kappa shape index (κ1) is 20.2. The van der Waals surface area contributed by atoms with E-state index in [0.717, 1.165) is 50.8 Å². The van der Waals surface area contributed by atoms with E-state index >= 15 is 0 Å². The zero-order chi connectivity index (χ0) is 22.5. The van der Waals surface area contributed by atoms with E-state index in [-0.39, 0.29) is 5.91 Å². The van der Waals surface area contributed by atoms with E-state index in [0.29, 0.717) is 5.69 Å². The molecule has 0 aliphatic carbocycles. The molecular weight excluding hydrogens is 422 g/mol. The monoisotopic (exact) mass is 443 g/mol. The normalized spacial score (nSPS) is 15.4. The van der Waals surface area contributed by atoms with Crippen LogP contribution in [0.15, 0.2) is 72.8 Å². The van der Waals surface area contributed by atoms with Crippen molar-refractivity contribution in [2.24, 2.45) is 0 Å². The number of rotatable bonds is 4. The molecule has 0 bridgehead atoms. The second kappa shape index (κ2) is 7.46. The SMILES string of the molecule is Cc1cc2ccccc2nc1C1C(=O)Nc2ccc(-c3ccc(NS(C)(=O)=O)cc3)cc21. The summed E-state index contributed by atoms with van der Waals surface area (Å²) >= 11 is 0. The number of fused-ring (bicyclic) bond motifs is 2. The molecule has 1 aliphatic rings. The van der Waals surface area contributed by atoms with Gasteiger partial charge in [-0.25, -0.2) is 8.42 Å². The number of pyridine rings is 1. The van der Waals surface area contributed by atoms with Crippen molar-refractivity contribution in [2.45, 2.75) is 12.8 Å². The number of aromatic nitrogens is 1. The molecule has 5 rings (SSSR count). The summed E-state index contributed by atoms with van der Waals surface area (Å²) in [4.78, 5) is 17.8. The van der Waals surface area contributed by atoms with Crippen molar-refractivity contribution >= 4 is 38.2 Å². The standard InChI is InChI=1S/C25H21N3O3S/c1-15-13-18-5-3-4-6-21(18)26-24(15)23-20-14-17(9-12-22(20)27-25(23)29)16-7-10-19(11-8-16)28-32(2,30)31/h3-14,23,28H,1-2H3,(H,27,29). The second-order valence-corrected chi connectivity index (χ2v) is 9.81. The molecule has 32 heavy (non-hydrogen) atoms. The smallest absolute Gasteiger partial charge is 0.238 e. The van der Waals surface area contributed by atoms with Crippen LogP contribution in [0.1, 0.15) is 22.7 Å². The van der Waals surface area contributed by atoms with Crippen molar-refractivity contribution in [2.75, 3.05) is 16.3 Å². The minimum Gasteiger partial charge on any atom is -0.325 e. The first-order valence-electron chi connectivity index (χ1n) is 10.2. The third-order valence-corrected chi connectivity index (χ3v) is 6.24. The van der Waals surface area contributed by atoms with Gasteiger partial charge in [-0.05, 0) is 65.6 Å². The fraction of sp³-hybridized carbons (Fsp3) is 0.120. The summed E-state index contributed by atoms with van der Waals surface area (Å²) in [6.45, 7) is 1.98. The predicted octanol–water partition coefficient (Wildman–Crippen LogP) is 4.67.